The van der Waals surface area contributed by atoms with Crippen LogP contribution in [0.15, 0.2) is 30.3 Å². The normalized spacial score (nSPS) is 17.6. The summed E-state index contributed by atoms with van der Waals surface area (Å²) >= 11 is 0. The molecule has 0 bridgehead atoms. The number of nitrogens with one attached hydrogen (secondary N) is 1. The van der Waals surface area contributed by atoms with Crippen LogP contribution in [0.3, 0.4) is 0 Å². The minimum atomic E-state index is -0.297. The van der Waals surface area contributed by atoms with Gasteiger partial charge < -0.3 is 14.6 Å². The van der Waals surface area contributed by atoms with Crippen molar-refractivity contribution in [3.63, 3.8) is 0 Å². The molecule has 3 aliphatic heterocycles. The number of nitrogens with zero attached hydrogens (tertiary/aromatic N) is 2. The fourth-order valence-corrected chi connectivity index (χ4v) is 5.37. The number of rotatable bonds is 4. The lowest BCUT2D eigenvalue weighted by molar-refractivity contribution is -0.116. The molecule has 0 fully saturated rings. The molecule has 0 unspecified atom stereocenters. The maximum absolute atomic E-state index is 14.2. The van der Waals surface area contributed by atoms with Crippen LogP contribution in [0, 0.1) is 5.82 Å². The van der Waals surface area contributed by atoms with E-state index < -0.39 is 0 Å². The number of ether oxygens (including phenoxy) is 1. The largest absolute Gasteiger partial charge is 0.493 e. The highest BCUT2D eigenvalue weighted by Crippen LogP contribution is 2.38. The highest BCUT2D eigenvalue weighted by atomic mass is 19.1. The molecule has 30 heavy (non-hydrogen) atoms. The monoisotopic (exact) mass is 405 g/mol. The van der Waals surface area contributed by atoms with E-state index in [1.54, 1.807) is 6.07 Å². The smallest absolute Gasteiger partial charge is 0.244 e. The molecule has 0 saturated carbocycles. The van der Waals surface area contributed by atoms with Crippen LogP contribution in [0.5, 0.6) is 5.75 Å². The molecule has 1 aromatic heterocycles. The van der Waals surface area contributed by atoms with Gasteiger partial charge in [-0.15, -0.1) is 0 Å². The summed E-state index contributed by atoms with van der Waals surface area (Å²) in [5.74, 6) is 0.725. The highest BCUT2D eigenvalue weighted by molar-refractivity contribution is 6.06. The minimum Gasteiger partial charge on any atom is -0.493 e. The van der Waals surface area contributed by atoms with Crippen molar-refractivity contribution in [3.8, 4) is 5.75 Å². The third kappa shape index (κ3) is 2.82. The number of hydrogen-bond acceptors (Lipinski definition) is 3. The summed E-state index contributed by atoms with van der Waals surface area (Å²) in [6.45, 7) is 3.88. The molecule has 0 saturated heterocycles. The van der Waals surface area contributed by atoms with E-state index >= 15 is 0 Å². The molecule has 1 N–H and O–H groups in total. The molecule has 6 heteroatoms. The van der Waals surface area contributed by atoms with E-state index in [-0.39, 0.29) is 11.7 Å². The number of halogens is 1. The van der Waals surface area contributed by atoms with Crippen LogP contribution in [0.1, 0.15) is 28.8 Å². The Labute approximate surface area is 174 Å². The molecule has 0 spiro atoms. The van der Waals surface area contributed by atoms with Crippen LogP contribution in [0.2, 0.25) is 0 Å². The van der Waals surface area contributed by atoms with Gasteiger partial charge in [0.1, 0.15) is 18.1 Å². The number of aryl methyl sites for hydroxylation is 1. The Hall–Kier alpha value is -2.86. The minimum absolute atomic E-state index is 0.0761. The van der Waals surface area contributed by atoms with Gasteiger partial charge in [0.2, 0.25) is 5.91 Å². The number of aromatic nitrogens is 1. The summed E-state index contributed by atoms with van der Waals surface area (Å²) in [6, 6.07) is 9.52. The van der Waals surface area contributed by atoms with Gasteiger partial charge >= 0.3 is 0 Å². The number of carbonyl (C=O) groups is 1. The summed E-state index contributed by atoms with van der Waals surface area (Å²) < 4.78 is 22.2. The molecule has 3 aliphatic rings. The zero-order valence-corrected chi connectivity index (χ0v) is 16.8. The van der Waals surface area contributed by atoms with Gasteiger partial charge in [0, 0.05) is 37.0 Å². The lowest BCUT2D eigenvalue weighted by Crippen LogP contribution is -2.33. The van der Waals surface area contributed by atoms with E-state index in [9.17, 15) is 9.18 Å². The summed E-state index contributed by atoms with van der Waals surface area (Å²) in [5.41, 5.74) is 6.57. The van der Waals surface area contributed by atoms with Gasteiger partial charge in [-0.25, -0.2) is 4.39 Å². The van der Waals surface area contributed by atoms with Crippen LogP contribution >= 0.6 is 0 Å². The first-order valence-corrected chi connectivity index (χ1v) is 10.8. The molecular formula is C24H24FN3O2. The number of amides is 1. The van der Waals surface area contributed by atoms with Gasteiger partial charge in [-0.1, -0.05) is 18.2 Å². The van der Waals surface area contributed by atoms with Gasteiger partial charge in [0.05, 0.1) is 17.8 Å². The molecule has 0 atom stereocenters. The molecule has 1 amide bonds. The third-order valence-electron chi connectivity index (χ3n) is 6.68. The van der Waals surface area contributed by atoms with Crippen molar-refractivity contribution in [1.29, 1.82) is 0 Å². The van der Waals surface area contributed by atoms with Crippen molar-refractivity contribution in [3.05, 3.63) is 58.5 Å². The number of para-hydroxylation sites is 1. The van der Waals surface area contributed by atoms with Crippen molar-refractivity contribution in [2.45, 2.75) is 38.8 Å². The average molecular weight is 405 g/mol. The summed E-state index contributed by atoms with van der Waals surface area (Å²) in [5, 5.41) is 3.78. The van der Waals surface area contributed by atoms with Gasteiger partial charge in [-0.2, -0.15) is 0 Å². The van der Waals surface area contributed by atoms with Crippen molar-refractivity contribution in [2.24, 2.45) is 0 Å². The van der Waals surface area contributed by atoms with E-state index in [0.29, 0.717) is 12.2 Å². The summed E-state index contributed by atoms with van der Waals surface area (Å²) in [6.07, 6.45) is 3.97. The molecule has 4 heterocycles. The molecule has 3 aromatic rings. The predicted octanol–water partition coefficient (Wildman–Crippen LogP) is 3.66. The van der Waals surface area contributed by atoms with Crippen molar-refractivity contribution in [2.75, 3.05) is 25.0 Å². The number of fused-ring (bicyclic) bond motifs is 4. The summed E-state index contributed by atoms with van der Waals surface area (Å²) in [4.78, 5) is 14.6. The number of carbonyl (C=O) groups excluding carboxylic acids is 1. The topological polar surface area (TPSA) is 46.5 Å². The number of hydrogen-bond donors (Lipinski definition) is 1. The quantitative estimate of drug-likeness (QED) is 0.721. The van der Waals surface area contributed by atoms with E-state index in [0.717, 1.165) is 68.6 Å². The van der Waals surface area contributed by atoms with Crippen molar-refractivity contribution < 1.29 is 13.9 Å². The molecule has 0 radical (unpaired) electrons. The SMILES string of the molecule is O=C1Cn2c3c(c4cc(F)cc(c42)N1)CN(CCCc1cccc2c1OCC2)CC3. The van der Waals surface area contributed by atoms with Gasteiger partial charge in [0.25, 0.3) is 0 Å². The summed E-state index contributed by atoms with van der Waals surface area (Å²) in [7, 11) is 0. The molecule has 6 rings (SSSR count). The van der Waals surface area contributed by atoms with Gasteiger partial charge in [0.15, 0.2) is 0 Å². The Kier molecular flexibility index (Phi) is 4.09. The van der Waals surface area contributed by atoms with E-state index in [1.807, 2.05) is 0 Å². The van der Waals surface area contributed by atoms with Crippen LogP contribution in [-0.2, 0) is 37.1 Å². The van der Waals surface area contributed by atoms with E-state index in [2.05, 4.69) is 33.0 Å². The third-order valence-corrected chi connectivity index (χ3v) is 6.68. The van der Waals surface area contributed by atoms with Crippen LogP contribution in [0.4, 0.5) is 10.1 Å². The maximum atomic E-state index is 14.2. The fraction of sp³-hybridized carbons (Fsp3) is 0.375. The molecule has 154 valence electrons. The standard InChI is InChI=1S/C24H24FN3O2/c25-17-11-18-19-13-27(8-2-5-15-3-1-4-16-7-10-30-24(15)16)9-6-21(19)28-14-22(29)26-20(12-17)23(18)28/h1,3-4,11-12H,2,5-10,13-14H2,(H,26,29). The van der Waals surface area contributed by atoms with Crippen molar-refractivity contribution >= 4 is 22.5 Å². The second-order valence-corrected chi connectivity index (χ2v) is 8.54. The van der Waals surface area contributed by atoms with Crippen molar-refractivity contribution in [1.82, 2.24) is 9.47 Å². The van der Waals surface area contributed by atoms with Gasteiger partial charge in [-0.05, 0) is 48.2 Å². The lowest BCUT2D eigenvalue weighted by atomic mass is 10.0. The maximum Gasteiger partial charge on any atom is 0.244 e. The Morgan fingerprint density at radius 2 is 2.10 bits per heavy atom. The van der Waals surface area contributed by atoms with Gasteiger partial charge in [-0.3, -0.25) is 9.69 Å². The van der Waals surface area contributed by atoms with E-state index in [1.165, 1.54) is 28.5 Å². The first kappa shape index (κ1) is 18.0. The second-order valence-electron chi connectivity index (χ2n) is 8.54. The fourth-order valence-electron chi connectivity index (χ4n) is 5.37. The predicted molar refractivity (Wildman–Crippen MR) is 113 cm³/mol. The number of benzene rings is 2. The van der Waals surface area contributed by atoms with Crippen LogP contribution in [0.25, 0.3) is 10.9 Å². The Morgan fingerprint density at radius 1 is 1.17 bits per heavy atom. The first-order valence-electron chi connectivity index (χ1n) is 10.8. The molecule has 0 aliphatic carbocycles. The average Bonchev–Trinajstić information content (AvgIpc) is 3.32. The Balaban J connectivity index is 1.22. The van der Waals surface area contributed by atoms with Crippen LogP contribution < -0.4 is 10.1 Å². The lowest BCUT2D eigenvalue weighted by Gasteiger charge is -2.28. The zero-order chi connectivity index (χ0) is 20.2. The molecule has 2 aromatic carbocycles. The Bertz CT molecular complexity index is 1180. The first-order chi connectivity index (χ1) is 14.7. The zero-order valence-electron chi connectivity index (χ0n) is 16.8. The molecular weight excluding hydrogens is 381 g/mol. The second kappa shape index (κ2) is 6.84. The highest BCUT2D eigenvalue weighted by Gasteiger charge is 2.29. The van der Waals surface area contributed by atoms with E-state index in [4.69, 9.17) is 4.74 Å². The molecule has 5 nitrogen and oxygen atoms in total. The number of anilines is 1. The van der Waals surface area contributed by atoms with Crippen LogP contribution in [-0.4, -0.2) is 35.1 Å². The Morgan fingerprint density at radius 3 is 3.03 bits per heavy atom.